The average molecular weight is 673 g/mol. The highest BCUT2D eigenvalue weighted by Crippen LogP contribution is 2.57. The lowest BCUT2D eigenvalue weighted by Gasteiger charge is -2.34. The Morgan fingerprint density at radius 2 is 1.04 bits per heavy atom. The number of nitrogens with one attached hydrogen (secondary N) is 1. The van der Waals surface area contributed by atoms with Crippen LogP contribution in [0, 0.1) is 0 Å². The van der Waals surface area contributed by atoms with E-state index in [2.05, 4.69) is 175 Å². The van der Waals surface area contributed by atoms with E-state index in [0.29, 0.717) is 0 Å². The van der Waals surface area contributed by atoms with Crippen molar-refractivity contribution in [2.24, 2.45) is 0 Å². The van der Waals surface area contributed by atoms with Gasteiger partial charge in [0.25, 0.3) is 0 Å². The van der Waals surface area contributed by atoms with Crippen LogP contribution in [0.5, 0.6) is 0 Å². The summed E-state index contributed by atoms with van der Waals surface area (Å²) in [6, 6.07) is 61.4. The molecule has 0 radical (unpaired) electrons. The maximum atomic E-state index is 4.91. The number of pyridine rings is 1. The van der Waals surface area contributed by atoms with Crippen molar-refractivity contribution in [3.05, 3.63) is 210 Å². The summed E-state index contributed by atoms with van der Waals surface area (Å²) >= 11 is 0. The predicted octanol–water partition coefficient (Wildman–Crippen LogP) is 13.8. The number of fused-ring (bicyclic) bond motifs is 6. The lowest BCUT2D eigenvalue weighted by molar-refractivity contribution is 0.769. The molecule has 1 aliphatic rings. The van der Waals surface area contributed by atoms with E-state index in [1.165, 1.54) is 55.3 Å². The molecule has 9 rings (SSSR count). The van der Waals surface area contributed by atoms with Gasteiger partial charge in [0, 0.05) is 16.5 Å². The van der Waals surface area contributed by atoms with E-state index in [1.807, 2.05) is 46.0 Å². The summed E-state index contributed by atoms with van der Waals surface area (Å²) in [7, 11) is 0. The molecule has 0 amide bonds. The van der Waals surface area contributed by atoms with E-state index >= 15 is 0 Å². The number of nitrogens with zero attached hydrogens (tertiary/aromatic N) is 1. The van der Waals surface area contributed by atoms with Gasteiger partial charge in [-0.1, -0.05) is 172 Å². The summed E-state index contributed by atoms with van der Waals surface area (Å²) in [5, 5.41) is 7.21. The highest BCUT2D eigenvalue weighted by molar-refractivity contribution is 6.05. The second-order valence-corrected chi connectivity index (χ2v) is 12.7. The molecular formula is C50H44N2. The zero-order valence-corrected chi connectivity index (χ0v) is 30.3. The second-order valence-electron chi connectivity index (χ2n) is 12.7. The summed E-state index contributed by atoms with van der Waals surface area (Å²) in [5.74, 6) is 0. The average Bonchev–Trinajstić information content (AvgIpc) is 3.52. The minimum Gasteiger partial charge on any atom is -0.354 e. The summed E-state index contributed by atoms with van der Waals surface area (Å²) in [6.07, 6.45) is 5.95. The molecule has 0 saturated heterocycles. The fourth-order valence-corrected chi connectivity index (χ4v) is 7.48. The molecule has 0 fully saturated rings. The Morgan fingerprint density at radius 1 is 0.481 bits per heavy atom. The molecule has 7 aromatic carbocycles. The van der Waals surface area contributed by atoms with Crippen LogP contribution in [0.1, 0.15) is 49.9 Å². The molecule has 2 heteroatoms. The molecule has 0 unspecified atom stereocenters. The van der Waals surface area contributed by atoms with Crippen LogP contribution in [0.25, 0.3) is 43.9 Å². The first-order valence-corrected chi connectivity index (χ1v) is 18.3. The molecule has 1 N–H and O–H groups in total. The maximum absolute atomic E-state index is 4.91. The minimum atomic E-state index is -0.490. The number of allylic oxidation sites excluding steroid dienone is 2. The normalized spacial score (nSPS) is 12.3. The van der Waals surface area contributed by atoms with Crippen LogP contribution in [-0.4, -0.2) is 4.98 Å². The lowest BCUT2D eigenvalue weighted by Crippen LogP contribution is -2.28. The molecule has 8 aromatic rings. The van der Waals surface area contributed by atoms with E-state index in [-0.39, 0.29) is 0 Å². The van der Waals surface area contributed by atoms with Gasteiger partial charge in [0.1, 0.15) is 0 Å². The summed E-state index contributed by atoms with van der Waals surface area (Å²) in [4.78, 5) is 4.91. The molecule has 1 aliphatic carbocycles. The molecule has 0 spiro atoms. The molecule has 0 aliphatic heterocycles. The highest BCUT2D eigenvalue weighted by Gasteiger charge is 2.46. The van der Waals surface area contributed by atoms with E-state index in [0.717, 1.165) is 22.3 Å². The summed E-state index contributed by atoms with van der Waals surface area (Å²) < 4.78 is 0. The number of rotatable bonds is 5. The van der Waals surface area contributed by atoms with Crippen molar-refractivity contribution in [1.29, 1.82) is 0 Å². The van der Waals surface area contributed by atoms with Crippen LogP contribution in [0.2, 0.25) is 0 Å². The molecule has 254 valence electrons. The van der Waals surface area contributed by atoms with Gasteiger partial charge in [-0.05, 0) is 88.0 Å². The van der Waals surface area contributed by atoms with Gasteiger partial charge >= 0.3 is 0 Å². The van der Waals surface area contributed by atoms with Crippen LogP contribution in [0.4, 0.5) is 11.4 Å². The molecule has 0 bridgehead atoms. The molecule has 52 heavy (non-hydrogen) atoms. The largest absolute Gasteiger partial charge is 0.354 e. The topological polar surface area (TPSA) is 24.9 Å². The molecule has 0 saturated carbocycles. The molecule has 1 heterocycles. The van der Waals surface area contributed by atoms with E-state index in [1.54, 1.807) is 0 Å². The van der Waals surface area contributed by atoms with Crippen molar-refractivity contribution in [3.8, 4) is 22.3 Å². The van der Waals surface area contributed by atoms with Crippen molar-refractivity contribution < 1.29 is 0 Å². The van der Waals surface area contributed by atoms with Crippen LogP contribution in [-0.2, 0) is 5.41 Å². The smallest absolute Gasteiger partial charge is 0.0781 e. The van der Waals surface area contributed by atoms with Gasteiger partial charge in [-0.2, -0.15) is 0 Å². The predicted molar refractivity (Wildman–Crippen MR) is 224 cm³/mol. The maximum Gasteiger partial charge on any atom is 0.0781 e. The Hall–Kier alpha value is -6.25. The summed E-state index contributed by atoms with van der Waals surface area (Å²) in [5.41, 5.74) is 12.6. The van der Waals surface area contributed by atoms with E-state index in [9.17, 15) is 0 Å². The van der Waals surface area contributed by atoms with Gasteiger partial charge in [0.15, 0.2) is 0 Å². The van der Waals surface area contributed by atoms with Gasteiger partial charge in [-0.15, -0.1) is 0 Å². The SMILES string of the molecule is C/C=C\C.CC.c1ccc(-c2ccc3c(c2)C(c2ccccc2)(c2ccccc2)c2cc(Nc4cnc5c(ccc6ccccc65)c4)ccc2-3)cc1. The van der Waals surface area contributed by atoms with Crippen LogP contribution < -0.4 is 5.32 Å². The molecule has 0 atom stereocenters. The zero-order valence-electron chi connectivity index (χ0n) is 30.3. The highest BCUT2D eigenvalue weighted by atomic mass is 14.9. The number of hydrogen-bond acceptors (Lipinski definition) is 2. The standard InChI is InChI=1S/C44H30N2.C4H8.C2H6/c1-4-12-30(13-5-1)32-22-24-39-40-25-23-36(46-37-26-33-21-20-31-14-10-11-19-38(31)43(33)45-29-37)28-42(40)44(41(39)27-32,34-15-6-2-7-16-34)35-17-8-3-9-18-35;1-3-4-2;1-2/h1-29,46H;3-4H,1-2H3;1-2H3/b;4-3-;. The van der Waals surface area contributed by atoms with Gasteiger partial charge in [-0.3, -0.25) is 4.98 Å². The van der Waals surface area contributed by atoms with Crippen molar-refractivity contribution in [2.75, 3.05) is 5.32 Å². The lowest BCUT2D eigenvalue weighted by atomic mass is 9.67. The van der Waals surface area contributed by atoms with E-state index in [4.69, 9.17) is 4.98 Å². The Morgan fingerprint density at radius 3 is 1.69 bits per heavy atom. The number of aromatic nitrogens is 1. The number of hydrogen-bond donors (Lipinski definition) is 1. The Kier molecular flexibility index (Phi) is 10.1. The zero-order chi connectivity index (χ0) is 35.9. The van der Waals surface area contributed by atoms with Crippen molar-refractivity contribution in [2.45, 2.75) is 33.1 Å². The first-order chi connectivity index (χ1) is 25.7. The molecular weight excluding hydrogens is 629 g/mol. The van der Waals surface area contributed by atoms with Crippen LogP contribution in [0.15, 0.2) is 188 Å². The molecule has 2 nitrogen and oxygen atoms in total. The first-order valence-electron chi connectivity index (χ1n) is 18.3. The Bertz CT molecular complexity index is 2420. The van der Waals surface area contributed by atoms with Crippen molar-refractivity contribution in [1.82, 2.24) is 4.98 Å². The third kappa shape index (κ3) is 6.18. The number of anilines is 2. The van der Waals surface area contributed by atoms with Gasteiger partial charge < -0.3 is 5.32 Å². The van der Waals surface area contributed by atoms with Crippen molar-refractivity contribution >= 4 is 33.1 Å². The van der Waals surface area contributed by atoms with Gasteiger partial charge in [0.05, 0.1) is 22.8 Å². The first kappa shape index (κ1) is 34.2. The monoisotopic (exact) mass is 672 g/mol. The Labute approximate surface area is 308 Å². The quantitative estimate of drug-likeness (QED) is 0.145. The fourth-order valence-electron chi connectivity index (χ4n) is 7.48. The van der Waals surface area contributed by atoms with Crippen LogP contribution >= 0.6 is 0 Å². The van der Waals surface area contributed by atoms with Crippen molar-refractivity contribution in [3.63, 3.8) is 0 Å². The van der Waals surface area contributed by atoms with E-state index < -0.39 is 5.41 Å². The molecule has 1 aromatic heterocycles. The minimum absolute atomic E-state index is 0.490. The third-order valence-electron chi connectivity index (χ3n) is 9.86. The summed E-state index contributed by atoms with van der Waals surface area (Å²) in [6.45, 7) is 8.00. The second kappa shape index (κ2) is 15.3. The van der Waals surface area contributed by atoms with Gasteiger partial charge in [-0.25, -0.2) is 0 Å². The number of benzene rings is 7. The fraction of sp³-hybridized carbons (Fsp3) is 0.100. The van der Waals surface area contributed by atoms with Gasteiger partial charge in [0.2, 0.25) is 0 Å². The third-order valence-corrected chi connectivity index (χ3v) is 9.86. The Balaban J connectivity index is 0.000000658. The van der Waals surface area contributed by atoms with Crippen LogP contribution in [0.3, 0.4) is 0 Å².